The van der Waals surface area contributed by atoms with Gasteiger partial charge in [-0.3, -0.25) is 0 Å². The van der Waals surface area contributed by atoms with Crippen LogP contribution in [0.3, 0.4) is 0 Å². The van der Waals surface area contributed by atoms with Crippen LogP contribution in [0.2, 0.25) is 0 Å². The number of anilines is 2. The standard InChI is InChI=1S/C16H13F3N4O/c17-16(18,19)10-6-4-9(5-7-10)8-24-12-3-1-2-11-13(12)14(20)23-15(21)22-11/h1-7H,8H2,(H4,20,21,22,23). The smallest absolute Gasteiger partial charge is 0.416 e. The quantitative estimate of drug-likeness (QED) is 0.766. The van der Waals surface area contributed by atoms with Crippen molar-refractivity contribution in [3.05, 3.63) is 53.6 Å². The zero-order valence-electron chi connectivity index (χ0n) is 12.3. The molecular weight excluding hydrogens is 321 g/mol. The van der Waals surface area contributed by atoms with E-state index in [0.29, 0.717) is 22.2 Å². The Balaban J connectivity index is 1.84. The number of alkyl halides is 3. The van der Waals surface area contributed by atoms with Crippen molar-refractivity contribution in [3.8, 4) is 5.75 Å². The van der Waals surface area contributed by atoms with Crippen molar-refractivity contribution in [2.75, 3.05) is 11.5 Å². The van der Waals surface area contributed by atoms with Crippen molar-refractivity contribution >= 4 is 22.7 Å². The van der Waals surface area contributed by atoms with Crippen LogP contribution < -0.4 is 16.2 Å². The molecule has 0 aliphatic rings. The first-order chi connectivity index (χ1) is 11.3. The minimum Gasteiger partial charge on any atom is -0.488 e. The molecule has 0 aliphatic heterocycles. The molecule has 0 spiro atoms. The van der Waals surface area contributed by atoms with E-state index in [-0.39, 0.29) is 18.4 Å². The van der Waals surface area contributed by atoms with Crippen LogP contribution in [0.4, 0.5) is 24.9 Å². The first-order valence-electron chi connectivity index (χ1n) is 6.95. The average molecular weight is 334 g/mol. The summed E-state index contributed by atoms with van der Waals surface area (Å²) in [4.78, 5) is 7.97. The molecule has 1 heterocycles. The molecule has 0 saturated carbocycles. The van der Waals surface area contributed by atoms with Crippen LogP contribution >= 0.6 is 0 Å². The second kappa shape index (κ2) is 5.88. The third-order valence-electron chi connectivity index (χ3n) is 3.41. The zero-order valence-corrected chi connectivity index (χ0v) is 12.3. The lowest BCUT2D eigenvalue weighted by Crippen LogP contribution is -2.05. The van der Waals surface area contributed by atoms with E-state index in [1.807, 2.05) is 0 Å². The van der Waals surface area contributed by atoms with Crippen molar-refractivity contribution in [3.63, 3.8) is 0 Å². The lowest BCUT2D eigenvalue weighted by molar-refractivity contribution is -0.137. The summed E-state index contributed by atoms with van der Waals surface area (Å²) in [5, 5.41) is 0.513. The van der Waals surface area contributed by atoms with Gasteiger partial charge in [0, 0.05) is 0 Å². The molecule has 0 fully saturated rings. The number of benzene rings is 2. The number of fused-ring (bicyclic) bond motifs is 1. The minimum atomic E-state index is -4.36. The highest BCUT2D eigenvalue weighted by Crippen LogP contribution is 2.31. The predicted molar refractivity (Wildman–Crippen MR) is 84.1 cm³/mol. The molecule has 24 heavy (non-hydrogen) atoms. The summed E-state index contributed by atoms with van der Waals surface area (Å²) in [6.07, 6.45) is -4.36. The summed E-state index contributed by atoms with van der Waals surface area (Å²) >= 11 is 0. The molecule has 1 aromatic heterocycles. The predicted octanol–water partition coefficient (Wildman–Crippen LogP) is 3.39. The fourth-order valence-corrected chi connectivity index (χ4v) is 2.27. The van der Waals surface area contributed by atoms with Crippen LogP contribution in [0.15, 0.2) is 42.5 Å². The molecule has 0 radical (unpaired) electrons. The Morgan fingerprint density at radius 2 is 1.67 bits per heavy atom. The fraction of sp³-hybridized carbons (Fsp3) is 0.125. The summed E-state index contributed by atoms with van der Waals surface area (Å²) in [5.74, 6) is 0.672. The van der Waals surface area contributed by atoms with Gasteiger partial charge in [-0.2, -0.15) is 18.2 Å². The molecule has 0 amide bonds. The topological polar surface area (TPSA) is 87.0 Å². The highest BCUT2D eigenvalue weighted by Gasteiger charge is 2.29. The number of ether oxygens (including phenoxy) is 1. The van der Waals surface area contributed by atoms with Crippen LogP contribution in [-0.2, 0) is 12.8 Å². The Hall–Kier alpha value is -3.03. The van der Waals surface area contributed by atoms with E-state index in [1.165, 1.54) is 12.1 Å². The fourth-order valence-electron chi connectivity index (χ4n) is 2.27. The highest BCUT2D eigenvalue weighted by molar-refractivity contribution is 5.94. The second-order valence-corrected chi connectivity index (χ2v) is 5.10. The number of aromatic nitrogens is 2. The molecule has 0 unspecified atom stereocenters. The number of rotatable bonds is 3. The van der Waals surface area contributed by atoms with Gasteiger partial charge in [0.05, 0.1) is 16.5 Å². The van der Waals surface area contributed by atoms with Gasteiger partial charge in [-0.15, -0.1) is 0 Å². The van der Waals surface area contributed by atoms with Crippen LogP contribution in [-0.4, -0.2) is 9.97 Å². The maximum absolute atomic E-state index is 12.6. The molecule has 124 valence electrons. The van der Waals surface area contributed by atoms with Crippen molar-refractivity contribution in [1.29, 1.82) is 0 Å². The van der Waals surface area contributed by atoms with Crippen LogP contribution in [0.25, 0.3) is 10.9 Å². The molecule has 0 saturated heterocycles. The van der Waals surface area contributed by atoms with Gasteiger partial charge in [0.25, 0.3) is 0 Å². The molecule has 3 rings (SSSR count). The Morgan fingerprint density at radius 3 is 2.33 bits per heavy atom. The molecule has 0 atom stereocenters. The van der Waals surface area contributed by atoms with Crippen molar-refractivity contribution in [2.24, 2.45) is 0 Å². The number of nitrogens with zero attached hydrogens (tertiary/aromatic N) is 2. The molecular formula is C16H13F3N4O. The van der Waals surface area contributed by atoms with E-state index < -0.39 is 11.7 Å². The van der Waals surface area contributed by atoms with E-state index in [1.54, 1.807) is 18.2 Å². The summed E-state index contributed by atoms with van der Waals surface area (Å²) < 4.78 is 43.3. The number of halogens is 3. The number of hydrogen-bond acceptors (Lipinski definition) is 5. The number of hydrogen-bond donors (Lipinski definition) is 2. The van der Waals surface area contributed by atoms with Crippen LogP contribution in [0.5, 0.6) is 5.75 Å². The first-order valence-corrected chi connectivity index (χ1v) is 6.95. The summed E-state index contributed by atoms with van der Waals surface area (Å²) in [7, 11) is 0. The van der Waals surface area contributed by atoms with Gasteiger partial charge in [-0.1, -0.05) is 18.2 Å². The largest absolute Gasteiger partial charge is 0.488 e. The molecule has 2 aromatic carbocycles. The number of nitrogens with two attached hydrogens (primary N) is 2. The molecule has 0 bridgehead atoms. The average Bonchev–Trinajstić information content (AvgIpc) is 2.52. The lowest BCUT2D eigenvalue weighted by Gasteiger charge is -2.11. The van der Waals surface area contributed by atoms with Gasteiger partial charge in [-0.25, -0.2) is 4.98 Å². The molecule has 4 N–H and O–H groups in total. The second-order valence-electron chi connectivity index (χ2n) is 5.10. The van der Waals surface area contributed by atoms with Gasteiger partial charge in [-0.05, 0) is 29.8 Å². The van der Waals surface area contributed by atoms with Gasteiger partial charge in [0.15, 0.2) is 0 Å². The monoisotopic (exact) mass is 334 g/mol. The summed E-state index contributed by atoms with van der Waals surface area (Å²) in [6.45, 7) is 0.0844. The SMILES string of the molecule is Nc1nc(N)c2c(OCc3ccc(C(F)(F)F)cc3)cccc2n1. The summed E-state index contributed by atoms with van der Waals surface area (Å²) in [5.41, 5.74) is 11.8. The Kier molecular flexibility index (Phi) is 3.88. The van der Waals surface area contributed by atoms with Crippen LogP contribution in [0.1, 0.15) is 11.1 Å². The van der Waals surface area contributed by atoms with Gasteiger partial charge in [0.1, 0.15) is 18.2 Å². The number of nitrogen functional groups attached to an aromatic ring is 2. The first kappa shape index (κ1) is 15.9. The maximum Gasteiger partial charge on any atom is 0.416 e. The Labute approximate surface area is 135 Å². The van der Waals surface area contributed by atoms with Gasteiger partial charge in [0.2, 0.25) is 5.95 Å². The van der Waals surface area contributed by atoms with E-state index in [4.69, 9.17) is 16.2 Å². The van der Waals surface area contributed by atoms with E-state index >= 15 is 0 Å². The normalized spacial score (nSPS) is 11.6. The molecule has 8 heteroatoms. The third kappa shape index (κ3) is 3.17. The Morgan fingerprint density at radius 1 is 0.958 bits per heavy atom. The molecule has 3 aromatic rings. The van der Waals surface area contributed by atoms with Gasteiger partial charge >= 0.3 is 6.18 Å². The lowest BCUT2D eigenvalue weighted by atomic mass is 10.1. The highest BCUT2D eigenvalue weighted by atomic mass is 19.4. The van der Waals surface area contributed by atoms with Crippen LogP contribution in [0, 0.1) is 0 Å². The summed E-state index contributed by atoms with van der Waals surface area (Å²) in [6, 6.07) is 9.88. The van der Waals surface area contributed by atoms with E-state index in [0.717, 1.165) is 12.1 Å². The van der Waals surface area contributed by atoms with Gasteiger partial charge < -0.3 is 16.2 Å². The Bertz CT molecular complexity index is 879. The third-order valence-corrected chi connectivity index (χ3v) is 3.41. The van der Waals surface area contributed by atoms with Crippen molar-refractivity contribution in [2.45, 2.75) is 12.8 Å². The van der Waals surface area contributed by atoms with Crippen molar-refractivity contribution in [1.82, 2.24) is 9.97 Å². The van der Waals surface area contributed by atoms with Crippen molar-refractivity contribution < 1.29 is 17.9 Å². The molecule has 0 aliphatic carbocycles. The molecule has 5 nitrogen and oxygen atoms in total. The van der Waals surface area contributed by atoms with E-state index in [9.17, 15) is 13.2 Å². The minimum absolute atomic E-state index is 0.0555. The maximum atomic E-state index is 12.6. The zero-order chi connectivity index (χ0) is 17.3. The van der Waals surface area contributed by atoms with E-state index in [2.05, 4.69) is 9.97 Å².